The van der Waals surface area contributed by atoms with E-state index in [1.807, 2.05) is 30.3 Å². The van der Waals surface area contributed by atoms with Gasteiger partial charge in [0.15, 0.2) is 0 Å². The summed E-state index contributed by atoms with van der Waals surface area (Å²) in [5.74, 6) is 1.98. The number of carbonyl (C=O) groups is 1. The summed E-state index contributed by atoms with van der Waals surface area (Å²) in [7, 11) is 1.62. The number of fused-ring (bicyclic) bond motifs is 1. The standard InChI is InChI=1S/C19H20N4O2/c1-12-3-8-16-17(9-12)22-18(21-16)13-10-23(11-13)19(24)20-14-4-6-15(25-2)7-5-14/h3-9,13H,10-11H2,1-2H3,(H,20,24)(H,21,22). The van der Waals surface area contributed by atoms with Gasteiger partial charge in [-0.05, 0) is 48.9 Å². The fraction of sp³-hybridized carbons (Fsp3) is 0.263. The SMILES string of the molecule is COc1ccc(NC(=O)N2CC(c3nc4ccc(C)cc4[nH]3)C2)cc1. The van der Waals surface area contributed by atoms with E-state index in [2.05, 4.69) is 34.3 Å². The molecule has 6 nitrogen and oxygen atoms in total. The Morgan fingerprint density at radius 1 is 1.24 bits per heavy atom. The second-order valence-corrected chi connectivity index (χ2v) is 6.40. The Morgan fingerprint density at radius 2 is 2.00 bits per heavy atom. The molecule has 1 fully saturated rings. The molecule has 1 aliphatic heterocycles. The van der Waals surface area contributed by atoms with E-state index in [4.69, 9.17) is 4.74 Å². The minimum atomic E-state index is -0.0895. The van der Waals surface area contributed by atoms with Gasteiger partial charge >= 0.3 is 6.03 Å². The first kappa shape index (κ1) is 15.5. The van der Waals surface area contributed by atoms with Gasteiger partial charge in [0.25, 0.3) is 0 Å². The molecular formula is C19H20N4O2. The van der Waals surface area contributed by atoms with E-state index in [-0.39, 0.29) is 11.9 Å². The monoisotopic (exact) mass is 336 g/mol. The Balaban J connectivity index is 1.37. The number of aromatic nitrogens is 2. The van der Waals surface area contributed by atoms with E-state index in [1.54, 1.807) is 12.0 Å². The molecule has 25 heavy (non-hydrogen) atoms. The van der Waals surface area contributed by atoms with Gasteiger partial charge < -0.3 is 19.9 Å². The number of rotatable bonds is 3. The van der Waals surface area contributed by atoms with Crippen LogP contribution in [0, 0.1) is 6.92 Å². The minimum Gasteiger partial charge on any atom is -0.497 e. The number of carbonyl (C=O) groups excluding carboxylic acids is 1. The third-order valence-corrected chi connectivity index (χ3v) is 4.55. The van der Waals surface area contributed by atoms with Crippen LogP contribution < -0.4 is 10.1 Å². The fourth-order valence-corrected chi connectivity index (χ4v) is 3.03. The van der Waals surface area contributed by atoms with Crippen LogP contribution in [0.4, 0.5) is 10.5 Å². The molecule has 1 aliphatic rings. The van der Waals surface area contributed by atoms with Crippen molar-refractivity contribution in [2.75, 3.05) is 25.5 Å². The zero-order chi connectivity index (χ0) is 17.4. The number of aryl methyl sites for hydroxylation is 1. The van der Waals surface area contributed by atoms with Crippen molar-refractivity contribution in [2.45, 2.75) is 12.8 Å². The number of hydrogen-bond donors (Lipinski definition) is 2. The number of benzene rings is 2. The van der Waals surface area contributed by atoms with E-state index in [0.29, 0.717) is 13.1 Å². The number of aromatic amines is 1. The molecule has 0 bridgehead atoms. The number of imidazole rings is 1. The lowest BCUT2D eigenvalue weighted by Crippen LogP contribution is -2.50. The molecule has 0 aliphatic carbocycles. The number of methoxy groups -OCH3 is 1. The Bertz CT molecular complexity index is 911. The highest BCUT2D eigenvalue weighted by atomic mass is 16.5. The molecule has 6 heteroatoms. The van der Waals surface area contributed by atoms with Crippen LogP contribution in [0.3, 0.4) is 0 Å². The number of H-pyrrole nitrogens is 1. The molecule has 2 aromatic carbocycles. The van der Waals surface area contributed by atoms with Gasteiger partial charge in [0.05, 0.1) is 24.1 Å². The fourth-order valence-electron chi connectivity index (χ4n) is 3.03. The third-order valence-electron chi connectivity index (χ3n) is 4.55. The van der Waals surface area contributed by atoms with Gasteiger partial charge in [-0.1, -0.05) is 6.07 Å². The van der Waals surface area contributed by atoms with Crippen LogP contribution in [0.25, 0.3) is 11.0 Å². The largest absolute Gasteiger partial charge is 0.497 e. The highest BCUT2D eigenvalue weighted by Gasteiger charge is 2.33. The Labute approximate surface area is 145 Å². The summed E-state index contributed by atoms with van der Waals surface area (Å²) in [6.07, 6.45) is 0. The van der Waals surface area contributed by atoms with Crippen molar-refractivity contribution in [3.63, 3.8) is 0 Å². The molecule has 0 unspecified atom stereocenters. The van der Waals surface area contributed by atoms with Crippen molar-refractivity contribution in [1.29, 1.82) is 0 Å². The molecule has 4 rings (SSSR count). The van der Waals surface area contributed by atoms with Crippen LogP contribution in [0.15, 0.2) is 42.5 Å². The molecule has 2 N–H and O–H groups in total. The quantitative estimate of drug-likeness (QED) is 0.769. The van der Waals surface area contributed by atoms with Crippen LogP contribution >= 0.6 is 0 Å². The van der Waals surface area contributed by atoms with Crippen LogP contribution in [0.2, 0.25) is 0 Å². The smallest absolute Gasteiger partial charge is 0.321 e. The highest BCUT2D eigenvalue weighted by Crippen LogP contribution is 2.27. The predicted octanol–water partition coefficient (Wildman–Crippen LogP) is 3.51. The summed E-state index contributed by atoms with van der Waals surface area (Å²) in [5, 5.41) is 2.90. The number of nitrogens with one attached hydrogen (secondary N) is 2. The molecule has 0 atom stereocenters. The number of nitrogens with zero attached hydrogens (tertiary/aromatic N) is 2. The second-order valence-electron chi connectivity index (χ2n) is 6.40. The van der Waals surface area contributed by atoms with Gasteiger partial charge in [0.1, 0.15) is 11.6 Å². The summed E-state index contributed by atoms with van der Waals surface area (Å²) in [4.78, 5) is 22.1. The first-order chi connectivity index (χ1) is 12.1. The number of ether oxygens (including phenoxy) is 1. The average Bonchev–Trinajstić information content (AvgIpc) is 2.96. The summed E-state index contributed by atoms with van der Waals surface area (Å²) in [6.45, 7) is 3.40. The maximum Gasteiger partial charge on any atom is 0.321 e. The van der Waals surface area contributed by atoms with E-state index in [9.17, 15) is 4.79 Å². The van der Waals surface area contributed by atoms with Gasteiger partial charge in [-0.2, -0.15) is 0 Å². The van der Waals surface area contributed by atoms with Gasteiger partial charge in [0, 0.05) is 18.8 Å². The lowest BCUT2D eigenvalue weighted by molar-refractivity contribution is 0.161. The summed E-state index contributed by atoms with van der Waals surface area (Å²) in [5.41, 5.74) is 3.99. The molecule has 1 saturated heterocycles. The minimum absolute atomic E-state index is 0.0895. The Kier molecular flexibility index (Phi) is 3.80. The molecule has 0 saturated carbocycles. The number of urea groups is 1. The number of hydrogen-bond acceptors (Lipinski definition) is 3. The molecule has 128 valence electrons. The lowest BCUT2D eigenvalue weighted by atomic mass is 10.0. The van der Waals surface area contributed by atoms with Gasteiger partial charge in [0.2, 0.25) is 0 Å². The van der Waals surface area contributed by atoms with E-state index >= 15 is 0 Å². The van der Waals surface area contributed by atoms with Crippen molar-refractivity contribution < 1.29 is 9.53 Å². The van der Waals surface area contributed by atoms with Gasteiger partial charge in [-0.3, -0.25) is 0 Å². The average molecular weight is 336 g/mol. The van der Waals surface area contributed by atoms with Crippen molar-refractivity contribution >= 4 is 22.8 Å². The van der Waals surface area contributed by atoms with Crippen molar-refractivity contribution in [2.24, 2.45) is 0 Å². The van der Waals surface area contributed by atoms with E-state index in [0.717, 1.165) is 28.3 Å². The zero-order valence-corrected chi connectivity index (χ0v) is 14.2. The van der Waals surface area contributed by atoms with Crippen LogP contribution in [0.5, 0.6) is 5.75 Å². The number of amides is 2. The molecule has 2 heterocycles. The maximum absolute atomic E-state index is 12.3. The molecule has 0 spiro atoms. The molecule has 1 aromatic heterocycles. The van der Waals surface area contributed by atoms with Gasteiger partial charge in [-0.25, -0.2) is 9.78 Å². The first-order valence-electron chi connectivity index (χ1n) is 8.28. The Hall–Kier alpha value is -3.02. The van der Waals surface area contributed by atoms with Crippen LogP contribution in [0.1, 0.15) is 17.3 Å². The van der Waals surface area contributed by atoms with Crippen molar-refractivity contribution in [1.82, 2.24) is 14.9 Å². The summed E-state index contributed by atoms with van der Waals surface area (Å²) in [6, 6.07) is 13.4. The molecular weight excluding hydrogens is 316 g/mol. The highest BCUT2D eigenvalue weighted by molar-refractivity contribution is 5.90. The zero-order valence-electron chi connectivity index (χ0n) is 14.2. The van der Waals surface area contributed by atoms with Crippen LogP contribution in [-0.2, 0) is 0 Å². The predicted molar refractivity (Wildman–Crippen MR) is 97.2 cm³/mol. The van der Waals surface area contributed by atoms with Crippen LogP contribution in [-0.4, -0.2) is 41.1 Å². The molecule has 3 aromatic rings. The van der Waals surface area contributed by atoms with E-state index in [1.165, 1.54) is 5.56 Å². The summed E-state index contributed by atoms with van der Waals surface area (Å²) >= 11 is 0. The third kappa shape index (κ3) is 3.03. The molecule has 0 radical (unpaired) electrons. The maximum atomic E-state index is 12.3. The first-order valence-corrected chi connectivity index (χ1v) is 8.28. The number of anilines is 1. The van der Waals surface area contributed by atoms with Gasteiger partial charge in [-0.15, -0.1) is 0 Å². The number of likely N-dealkylation sites (tertiary alicyclic amines) is 1. The second kappa shape index (κ2) is 6.12. The Morgan fingerprint density at radius 3 is 2.72 bits per heavy atom. The van der Waals surface area contributed by atoms with E-state index < -0.39 is 0 Å². The lowest BCUT2D eigenvalue weighted by Gasteiger charge is -2.37. The topological polar surface area (TPSA) is 70.2 Å². The normalized spacial score (nSPS) is 14.4. The molecule has 2 amide bonds. The summed E-state index contributed by atoms with van der Waals surface area (Å²) < 4.78 is 5.12. The van der Waals surface area contributed by atoms with Crippen molar-refractivity contribution in [3.05, 3.63) is 53.9 Å². The van der Waals surface area contributed by atoms with Crippen molar-refractivity contribution in [3.8, 4) is 5.75 Å².